The fourth-order valence-electron chi connectivity index (χ4n) is 2.26. The zero-order chi connectivity index (χ0) is 23.3. The van der Waals surface area contributed by atoms with Crippen molar-refractivity contribution in [1.29, 1.82) is 0 Å². The van der Waals surface area contributed by atoms with E-state index in [9.17, 15) is 14.4 Å². The average molecular weight is 409 g/mol. The van der Waals surface area contributed by atoms with Gasteiger partial charge >= 0.3 is 0 Å². The second-order valence-electron chi connectivity index (χ2n) is 10.8. The highest BCUT2D eigenvalue weighted by molar-refractivity contribution is 5.99. The second kappa shape index (κ2) is 9.51. The van der Waals surface area contributed by atoms with E-state index < -0.39 is 16.2 Å². The molecule has 3 nitrogen and oxygen atoms in total. The summed E-state index contributed by atoms with van der Waals surface area (Å²) >= 11 is 0. The van der Waals surface area contributed by atoms with Gasteiger partial charge in [-0.25, -0.2) is 0 Å². The van der Waals surface area contributed by atoms with Crippen LogP contribution in [-0.4, -0.2) is 17.3 Å². The maximum Gasteiger partial charge on any atom is 0.161 e. The Morgan fingerprint density at radius 2 is 0.700 bits per heavy atom. The molecule has 0 spiro atoms. The van der Waals surface area contributed by atoms with Crippen molar-refractivity contribution in [3.63, 3.8) is 0 Å². The number of carbonyl (C=O) groups excluding carboxylic acids is 3. The van der Waals surface area contributed by atoms with Crippen LogP contribution in [0, 0.1) is 16.2 Å². The van der Waals surface area contributed by atoms with Gasteiger partial charge in [-0.05, 0) is 53.1 Å². The van der Waals surface area contributed by atoms with Crippen molar-refractivity contribution in [1.82, 2.24) is 0 Å². The van der Waals surface area contributed by atoms with Gasteiger partial charge in [0.1, 0.15) is 0 Å². The van der Waals surface area contributed by atoms with Crippen LogP contribution in [0.3, 0.4) is 0 Å². The van der Waals surface area contributed by atoms with Crippen LogP contribution in [0.2, 0.25) is 0 Å². The van der Waals surface area contributed by atoms with E-state index in [2.05, 4.69) is 0 Å². The normalized spacial score (nSPS) is 13.5. The molecule has 0 unspecified atom stereocenters. The van der Waals surface area contributed by atoms with Crippen LogP contribution in [-0.2, 0) is 14.4 Å². The maximum atomic E-state index is 12.3. The van der Waals surface area contributed by atoms with Gasteiger partial charge < -0.3 is 0 Å². The van der Waals surface area contributed by atoms with E-state index in [0.29, 0.717) is 0 Å². The first-order valence-corrected chi connectivity index (χ1v) is 10.3. The van der Waals surface area contributed by atoms with E-state index in [4.69, 9.17) is 0 Å². The SMILES string of the molecule is CC(C)(C)C(=O)/C=C/c1cc(/C=C/C(=O)C(C)(C)C)cc(/C=C/C(=O)C(C)(C)C)c1. The van der Waals surface area contributed by atoms with Crippen molar-refractivity contribution < 1.29 is 14.4 Å². The van der Waals surface area contributed by atoms with Gasteiger partial charge in [0, 0.05) is 16.2 Å². The Hall–Kier alpha value is -2.55. The molecule has 1 aromatic rings. The number of ketones is 3. The summed E-state index contributed by atoms with van der Waals surface area (Å²) in [4.78, 5) is 36.8. The summed E-state index contributed by atoms with van der Waals surface area (Å²) in [6.45, 7) is 16.9. The van der Waals surface area contributed by atoms with Crippen LogP contribution in [0.4, 0.5) is 0 Å². The van der Waals surface area contributed by atoms with E-state index in [1.165, 1.54) is 0 Å². The highest BCUT2D eigenvalue weighted by Crippen LogP contribution is 2.21. The average Bonchev–Trinajstić information content (AvgIpc) is 2.59. The number of rotatable bonds is 6. The van der Waals surface area contributed by atoms with Crippen LogP contribution in [0.5, 0.6) is 0 Å². The summed E-state index contributed by atoms with van der Waals surface area (Å²) in [6.07, 6.45) is 10.1. The molecule has 0 bridgehead atoms. The summed E-state index contributed by atoms with van der Waals surface area (Å²) in [5, 5.41) is 0. The fraction of sp³-hybridized carbons (Fsp3) is 0.444. The van der Waals surface area contributed by atoms with Gasteiger partial charge in [0.2, 0.25) is 0 Å². The molecule has 162 valence electrons. The van der Waals surface area contributed by atoms with Crippen molar-refractivity contribution >= 4 is 35.6 Å². The molecule has 0 aliphatic rings. The molecule has 0 atom stereocenters. The first-order chi connectivity index (χ1) is 13.5. The van der Waals surface area contributed by atoms with Crippen LogP contribution < -0.4 is 0 Å². The first kappa shape index (κ1) is 25.5. The topological polar surface area (TPSA) is 51.2 Å². The Morgan fingerprint density at radius 1 is 0.500 bits per heavy atom. The number of hydrogen-bond acceptors (Lipinski definition) is 3. The van der Waals surface area contributed by atoms with Gasteiger partial charge in [-0.15, -0.1) is 0 Å². The molecule has 3 heteroatoms. The minimum atomic E-state index is -0.449. The van der Waals surface area contributed by atoms with E-state index >= 15 is 0 Å². The fourth-order valence-corrected chi connectivity index (χ4v) is 2.26. The Balaban J connectivity index is 3.34. The van der Waals surface area contributed by atoms with Crippen LogP contribution in [0.1, 0.15) is 79.0 Å². The predicted octanol–water partition coefficient (Wildman–Crippen LogP) is 6.57. The molecule has 0 N–H and O–H groups in total. The Labute approximate surface area is 182 Å². The van der Waals surface area contributed by atoms with E-state index in [-0.39, 0.29) is 17.3 Å². The Bertz CT molecular complexity index is 758. The van der Waals surface area contributed by atoms with Crippen LogP contribution >= 0.6 is 0 Å². The van der Waals surface area contributed by atoms with E-state index in [1.54, 1.807) is 36.5 Å². The molecule has 30 heavy (non-hydrogen) atoms. The van der Waals surface area contributed by atoms with Crippen molar-refractivity contribution in [3.8, 4) is 0 Å². The molecule has 0 saturated carbocycles. The van der Waals surface area contributed by atoms with Crippen molar-refractivity contribution in [2.75, 3.05) is 0 Å². The largest absolute Gasteiger partial charge is 0.294 e. The minimum absolute atomic E-state index is 0.0337. The summed E-state index contributed by atoms with van der Waals surface area (Å²) in [6, 6.07) is 5.76. The molecular weight excluding hydrogens is 372 g/mol. The third-order valence-electron chi connectivity index (χ3n) is 4.50. The zero-order valence-electron chi connectivity index (χ0n) is 19.9. The number of carbonyl (C=O) groups is 3. The standard InChI is InChI=1S/C27H36O3/c1-25(2,3)22(28)13-10-19-16-20(11-14-23(29)26(4,5)6)18-21(17-19)12-15-24(30)27(7,8)9/h10-18H,1-9H3/b13-10+,14-11+,15-12+. The Kier molecular flexibility index (Phi) is 8.08. The van der Waals surface area contributed by atoms with Crippen LogP contribution in [0.15, 0.2) is 36.4 Å². The molecule has 0 aliphatic heterocycles. The quantitative estimate of drug-likeness (QED) is 0.500. The molecule has 0 radical (unpaired) electrons. The summed E-state index contributed by atoms with van der Waals surface area (Å²) in [5.74, 6) is 0.101. The number of benzene rings is 1. The number of hydrogen-bond donors (Lipinski definition) is 0. The molecule has 0 saturated heterocycles. The molecule has 0 aromatic heterocycles. The third-order valence-corrected chi connectivity index (χ3v) is 4.50. The molecular formula is C27H36O3. The lowest BCUT2D eigenvalue weighted by molar-refractivity contribution is -0.122. The highest BCUT2D eigenvalue weighted by atomic mass is 16.1. The monoisotopic (exact) mass is 408 g/mol. The molecule has 0 fully saturated rings. The molecule has 0 aliphatic carbocycles. The van der Waals surface area contributed by atoms with Crippen molar-refractivity contribution in [3.05, 3.63) is 53.1 Å². The van der Waals surface area contributed by atoms with Gasteiger partial charge in [-0.1, -0.05) is 80.5 Å². The lowest BCUT2D eigenvalue weighted by atomic mass is 9.89. The lowest BCUT2D eigenvalue weighted by Gasteiger charge is -2.14. The molecule has 0 heterocycles. The van der Waals surface area contributed by atoms with Gasteiger partial charge in [-0.3, -0.25) is 14.4 Å². The van der Waals surface area contributed by atoms with E-state index in [0.717, 1.165) is 16.7 Å². The highest BCUT2D eigenvalue weighted by Gasteiger charge is 2.19. The Morgan fingerprint density at radius 3 is 0.867 bits per heavy atom. The van der Waals surface area contributed by atoms with Gasteiger partial charge in [0.15, 0.2) is 17.3 Å². The van der Waals surface area contributed by atoms with Gasteiger partial charge in [0.05, 0.1) is 0 Å². The number of allylic oxidation sites excluding steroid dienone is 3. The summed E-state index contributed by atoms with van der Waals surface area (Å²) < 4.78 is 0. The van der Waals surface area contributed by atoms with Gasteiger partial charge in [0.25, 0.3) is 0 Å². The second-order valence-corrected chi connectivity index (χ2v) is 10.8. The maximum absolute atomic E-state index is 12.3. The smallest absolute Gasteiger partial charge is 0.161 e. The molecule has 1 aromatic carbocycles. The van der Waals surface area contributed by atoms with E-state index in [1.807, 2.05) is 80.5 Å². The zero-order valence-corrected chi connectivity index (χ0v) is 19.9. The van der Waals surface area contributed by atoms with Crippen LogP contribution in [0.25, 0.3) is 18.2 Å². The third kappa shape index (κ3) is 8.44. The molecule has 0 amide bonds. The van der Waals surface area contributed by atoms with Crippen molar-refractivity contribution in [2.24, 2.45) is 16.2 Å². The first-order valence-electron chi connectivity index (χ1n) is 10.3. The van der Waals surface area contributed by atoms with Gasteiger partial charge in [-0.2, -0.15) is 0 Å². The van der Waals surface area contributed by atoms with Crippen molar-refractivity contribution in [2.45, 2.75) is 62.3 Å². The lowest BCUT2D eigenvalue weighted by Crippen LogP contribution is -2.17. The minimum Gasteiger partial charge on any atom is -0.294 e. The summed E-state index contributed by atoms with van der Waals surface area (Å²) in [5.41, 5.74) is 1.15. The molecule has 1 rings (SSSR count). The predicted molar refractivity (Wildman–Crippen MR) is 127 cm³/mol. The summed E-state index contributed by atoms with van der Waals surface area (Å²) in [7, 11) is 0.